The van der Waals surface area contributed by atoms with Gasteiger partial charge in [-0.3, -0.25) is 0 Å². The highest BCUT2D eigenvalue weighted by molar-refractivity contribution is 6.23. The summed E-state index contributed by atoms with van der Waals surface area (Å²) >= 11 is 0. The van der Waals surface area contributed by atoms with Crippen LogP contribution in [0.1, 0.15) is 30.9 Å². The van der Waals surface area contributed by atoms with E-state index in [0.29, 0.717) is 17.4 Å². The Bertz CT molecular complexity index is 1360. The van der Waals surface area contributed by atoms with Crippen LogP contribution in [0.3, 0.4) is 0 Å². The molecule has 0 fully saturated rings. The average molecular weight is 367 g/mol. The molecular formula is C25H21NO2. The van der Waals surface area contributed by atoms with Gasteiger partial charge in [-0.25, -0.2) is 4.98 Å². The van der Waals surface area contributed by atoms with Crippen molar-refractivity contribution in [1.82, 2.24) is 4.98 Å². The van der Waals surface area contributed by atoms with Crippen molar-refractivity contribution in [3.8, 4) is 17.2 Å². The second kappa shape index (κ2) is 6.10. The smallest absolute Gasteiger partial charge is 0.231 e. The summed E-state index contributed by atoms with van der Waals surface area (Å²) in [6.45, 7) is 6.48. The standard InChI is InChI=1S/C25H21NO2/c1-14(2)16-11-12-17-18-9-6-7-15(3)22(18)24-23(20(17)13-16)26-25(28-24)19-8-4-5-10-21(19)27/h4-14,27H,1-3H3. The van der Waals surface area contributed by atoms with Crippen molar-refractivity contribution in [2.75, 3.05) is 0 Å². The molecule has 0 spiro atoms. The molecule has 28 heavy (non-hydrogen) atoms. The van der Waals surface area contributed by atoms with Crippen LogP contribution in [0.4, 0.5) is 0 Å². The molecule has 0 aliphatic rings. The molecule has 3 nitrogen and oxygen atoms in total. The molecule has 5 rings (SSSR count). The van der Waals surface area contributed by atoms with Gasteiger partial charge in [0.2, 0.25) is 5.89 Å². The molecule has 0 aliphatic carbocycles. The van der Waals surface area contributed by atoms with Crippen LogP contribution in [0, 0.1) is 6.92 Å². The number of nitrogens with zero attached hydrogens (tertiary/aromatic N) is 1. The van der Waals surface area contributed by atoms with Gasteiger partial charge in [-0.2, -0.15) is 0 Å². The maximum absolute atomic E-state index is 10.3. The SMILES string of the molecule is Cc1cccc2c3ccc(C(C)C)cc3c3nc(-c4ccccc4O)oc3c12. The monoisotopic (exact) mass is 367 g/mol. The summed E-state index contributed by atoms with van der Waals surface area (Å²) in [6.07, 6.45) is 0. The number of phenolic OH excluding ortho intramolecular Hbond substituents is 1. The number of para-hydroxylation sites is 1. The van der Waals surface area contributed by atoms with Gasteiger partial charge in [0.15, 0.2) is 5.58 Å². The number of hydrogen-bond donors (Lipinski definition) is 1. The minimum absolute atomic E-state index is 0.169. The fraction of sp³-hybridized carbons (Fsp3) is 0.160. The van der Waals surface area contributed by atoms with E-state index in [9.17, 15) is 5.11 Å². The van der Waals surface area contributed by atoms with Crippen molar-refractivity contribution in [3.63, 3.8) is 0 Å². The lowest BCUT2D eigenvalue weighted by Gasteiger charge is -2.11. The van der Waals surface area contributed by atoms with Gasteiger partial charge in [0.25, 0.3) is 0 Å². The third kappa shape index (κ3) is 2.40. The number of aromatic hydroxyl groups is 1. The topological polar surface area (TPSA) is 46.3 Å². The molecular weight excluding hydrogens is 346 g/mol. The fourth-order valence-electron chi connectivity index (χ4n) is 3.99. The average Bonchev–Trinajstić information content (AvgIpc) is 3.13. The minimum Gasteiger partial charge on any atom is -0.507 e. The first kappa shape index (κ1) is 16.8. The highest BCUT2D eigenvalue weighted by Gasteiger charge is 2.19. The fourth-order valence-corrected chi connectivity index (χ4v) is 3.99. The molecule has 0 unspecified atom stereocenters. The Hall–Kier alpha value is -3.33. The van der Waals surface area contributed by atoms with E-state index in [1.165, 1.54) is 10.9 Å². The number of benzene rings is 4. The Morgan fingerprint density at radius 1 is 0.893 bits per heavy atom. The summed E-state index contributed by atoms with van der Waals surface area (Å²) < 4.78 is 6.27. The van der Waals surface area contributed by atoms with Crippen LogP contribution in [0.15, 0.2) is 65.1 Å². The van der Waals surface area contributed by atoms with E-state index in [4.69, 9.17) is 9.40 Å². The number of oxazole rings is 1. The molecule has 0 aliphatic heterocycles. The van der Waals surface area contributed by atoms with E-state index < -0.39 is 0 Å². The normalized spacial score (nSPS) is 11.9. The molecule has 0 bridgehead atoms. The Kier molecular flexibility index (Phi) is 3.66. The number of rotatable bonds is 2. The summed E-state index contributed by atoms with van der Waals surface area (Å²) in [5.41, 5.74) is 4.65. The van der Waals surface area contributed by atoms with E-state index in [-0.39, 0.29) is 5.75 Å². The zero-order valence-electron chi connectivity index (χ0n) is 16.2. The van der Waals surface area contributed by atoms with Crippen molar-refractivity contribution >= 4 is 32.6 Å². The van der Waals surface area contributed by atoms with E-state index in [0.717, 1.165) is 32.8 Å². The minimum atomic E-state index is 0.169. The quantitative estimate of drug-likeness (QED) is 0.344. The maximum atomic E-state index is 10.3. The van der Waals surface area contributed by atoms with Gasteiger partial charge < -0.3 is 9.52 Å². The lowest BCUT2D eigenvalue weighted by atomic mass is 9.94. The molecule has 1 N–H and O–H groups in total. The second-order valence-electron chi connectivity index (χ2n) is 7.67. The molecule has 1 heterocycles. The van der Waals surface area contributed by atoms with Crippen LogP contribution < -0.4 is 0 Å². The van der Waals surface area contributed by atoms with Crippen molar-refractivity contribution < 1.29 is 9.52 Å². The Morgan fingerprint density at radius 2 is 1.71 bits per heavy atom. The second-order valence-corrected chi connectivity index (χ2v) is 7.67. The first-order valence-corrected chi connectivity index (χ1v) is 9.58. The van der Waals surface area contributed by atoms with Gasteiger partial charge in [-0.05, 0) is 52.9 Å². The first-order valence-electron chi connectivity index (χ1n) is 9.58. The van der Waals surface area contributed by atoms with Crippen molar-refractivity contribution in [3.05, 3.63) is 71.8 Å². The lowest BCUT2D eigenvalue weighted by Crippen LogP contribution is -1.89. The zero-order chi connectivity index (χ0) is 19.4. The van der Waals surface area contributed by atoms with Crippen LogP contribution >= 0.6 is 0 Å². The summed E-state index contributed by atoms with van der Waals surface area (Å²) in [5.74, 6) is 1.04. The van der Waals surface area contributed by atoms with Crippen LogP contribution in [0.25, 0.3) is 44.1 Å². The zero-order valence-corrected chi connectivity index (χ0v) is 16.2. The third-order valence-electron chi connectivity index (χ3n) is 5.52. The maximum Gasteiger partial charge on any atom is 0.231 e. The van der Waals surface area contributed by atoms with Crippen LogP contribution in [-0.2, 0) is 0 Å². The highest BCUT2D eigenvalue weighted by atomic mass is 16.3. The van der Waals surface area contributed by atoms with Gasteiger partial charge in [-0.1, -0.05) is 56.3 Å². The number of phenols is 1. The molecule has 4 aromatic carbocycles. The Balaban J connectivity index is 1.98. The largest absolute Gasteiger partial charge is 0.507 e. The van der Waals surface area contributed by atoms with Gasteiger partial charge in [0, 0.05) is 10.8 Å². The molecule has 0 saturated carbocycles. The Labute approximate surface area is 163 Å². The molecule has 0 saturated heterocycles. The van der Waals surface area contributed by atoms with Crippen molar-refractivity contribution in [2.45, 2.75) is 26.7 Å². The molecule has 0 radical (unpaired) electrons. The van der Waals surface area contributed by atoms with E-state index in [1.54, 1.807) is 12.1 Å². The lowest BCUT2D eigenvalue weighted by molar-refractivity contribution is 0.474. The molecule has 138 valence electrons. The summed E-state index contributed by atoms with van der Waals surface area (Å²) in [7, 11) is 0. The number of hydrogen-bond acceptors (Lipinski definition) is 3. The molecule has 0 amide bonds. The van der Waals surface area contributed by atoms with Gasteiger partial charge >= 0.3 is 0 Å². The van der Waals surface area contributed by atoms with E-state index in [1.807, 2.05) is 12.1 Å². The van der Waals surface area contributed by atoms with Crippen LogP contribution in [-0.4, -0.2) is 10.1 Å². The van der Waals surface area contributed by atoms with Gasteiger partial charge in [0.05, 0.1) is 5.56 Å². The molecule has 5 aromatic rings. The predicted molar refractivity (Wildman–Crippen MR) is 115 cm³/mol. The van der Waals surface area contributed by atoms with Crippen LogP contribution in [0.2, 0.25) is 0 Å². The Morgan fingerprint density at radius 3 is 2.50 bits per heavy atom. The first-order chi connectivity index (χ1) is 13.5. The van der Waals surface area contributed by atoms with Gasteiger partial charge in [0.1, 0.15) is 11.3 Å². The molecule has 3 heteroatoms. The third-order valence-corrected chi connectivity index (χ3v) is 5.52. The molecule has 0 atom stereocenters. The highest BCUT2D eigenvalue weighted by Crippen LogP contribution is 2.40. The molecule has 1 aromatic heterocycles. The number of aromatic nitrogens is 1. The summed E-state index contributed by atoms with van der Waals surface area (Å²) in [6, 6.07) is 20.1. The van der Waals surface area contributed by atoms with Crippen molar-refractivity contribution in [1.29, 1.82) is 0 Å². The predicted octanol–water partition coefficient (Wildman–Crippen LogP) is 6.94. The van der Waals surface area contributed by atoms with Crippen LogP contribution in [0.5, 0.6) is 5.75 Å². The number of fused-ring (bicyclic) bond motifs is 6. The summed E-state index contributed by atoms with van der Waals surface area (Å²) in [5, 5.41) is 14.8. The van der Waals surface area contributed by atoms with E-state index in [2.05, 4.69) is 57.2 Å². The van der Waals surface area contributed by atoms with E-state index >= 15 is 0 Å². The van der Waals surface area contributed by atoms with Crippen molar-refractivity contribution in [2.24, 2.45) is 0 Å². The van der Waals surface area contributed by atoms with Gasteiger partial charge in [-0.15, -0.1) is 0 Å². The summed E-state index contributed by atoms with van der Waals surface area (Å²) in [4.78, 5) is 4.84. The number of aryl methyl sites for hydroxylation is 1.